The molecule has 4 rings (SSSR count). The summed E-state index contributed by atoms with van der Waals surface area (Å²) in [5.74, 6) is 0. The first-order chi connectivity index (χ1) is 11.7. The van der Waals surface area contributed by atoms with Crippen LogP contribution in [0.5, 0.6) is 0 Å². The molecule has 1 saturated carbocycles. The van der Waals surface area contributed by atoms with Gasteiger partial charge in [0.05, 0.1) is 12.2 Å². The Hall–Kier alpha value is -1.24. The maximum Gasteiger partial charge on any atom is 0.107 e. The minimum absolute atomic E-state index is 0.406. The first-order valence-corrected chi connectivity index (χ1v) is 9.91. The summed E-state index contributed by atoms with van der Waals surface area (Å²) in [5.41, 5.74) is 1.86. The number of aromatic nitrogens is 3. The van der Waals surface area contributed by atoms with Crippen molar-refractivity contribution in [3.05, 3.63) is 34.5 Å². The number of hydrogen-bond donors (Lipinski definition) is 1. The van der Waals surface area contributed by atoms with Gasteiger partial charge in [-0.1, -0.05) is 0 Å². The molecular formula is C18H27N5S. The molecule has 0 radical (unpaired) electrons. The van der Waals surface area contributed by atoms with Crippen LogP contribution in [0.1, 0.15) is 49.9 Å². The second-order valence-corrected chi connectivity index (χ2v) is 8.50. The Morgan fingerprint density at radius 1 is 1.33 bits per heavy atom. The third-order valence-electron chi connectivity index (χ3n) is 5.62. The fraction of sp³-hybridized carbons (Fsp3) is 0.667. The molecule has 0 amide bonds. The fourth-order valence-electron chi connectivity index (χ4n) is 4.23. The lowest BCUT2D eigenvalue weighted by Crippen LogP contribution is -2.36. The monoisotopic (exact) mass is 345 g/mol. The standard InChI is InChI=1S/C18H27N5S/c1-14(2)23-15(3-6-21-23)12-22(13-17-20-9-10-24-17)16-11-18(16)4-7-19-8-5-18/h3,6,9-10,14,16,19H,4-5,7-8,11-13H2,1-2H3. The first-order valence-electron chi connectivity index (χ1n) is 9.03. The minimum atomic E-state index is 0.406. The fourth-order valence-corrected chi connectivity index (χ4v) is 4.87. The highest BCUT2D eigenvalue weighted by Gasteiger charge is 2.56. The Morgan fingerprint density at radius 3 is 2.88 bits per heavy atom. The zero-order valence-electron chi connectivity index (χ0n) is 14.6. The Bertz CT molecular complexity index is 657. The molecule has 5 nitrogen and oxygen atoms in total. The summed E-state index contributed by atoms with van der Waals surface area (Å²) in [4.78, 5) is 7.18. The van der Waals surface area contributed by atoms with Crippen LogP contribution in [0.25, 0.3) is 0 Å². The maximum atomic E-state index is 4.53. The number of rotatable bonds is 6. The van der Waals surface area contributed by atoms with Crippen LogP contribution < -0.4 is 5.32 Å². The van der Waals surface area contributed by atoms with Crippen molar-refractivity contribution in [2.75, 3.05) is 13.1 Å². The molecule has 2 aromatic rings. The molecule has 24 heavy (non-hydrogen) atoms. The van der Waals surface area contributed by atoms with Crippen LogP contribution in [0, 0.1) is 5.41 Å². The number of thiazole rings is 1. The lowest BCUT2D eigenvalue weighted by molar-refractivity contribution is 0.182. The van der Waals surface area contributed by atoms with Gasteiger partial charge in [0.25, 0.3) is 0 Å². The van der Waals surface area contributed by atoms with Gasteiger partial charge >= 0.3 is 0 Å². The van der Waals surface area contributed by atoms with Crippen molar-refractivity contribution in [1.29, 1.82) is 0 Å². The summed E-state index contributed by atoms with van der Waals surface area (Å²) < 4.78 is 2.16. The molecule has 2 aliphatic rings. The van der Waals surface area contributed by atoms with Crippen LogP contribution in [0.3, 0.4) is 0 Å². The van der Waals surface area contributed by atoms with Gasteiger partial charge in [-0.2, -0.15) is 5.10 Å². The predicted molar refractivity (Wildman–Crippen MR) is 96.9 cm³/mol. The molecule has 2 aromatic heterocycles. The van der Waals surface area contributed by atoms with Crippen molar-refractivity contribution >= 4 is 11.3 Å². The summed E-state index contributed by atoms with van der Waals surface area (Å²) in [6.45, 7) is 8.68. The number of nitrogens with one attached hydrogen (secondary N) is 1. The van der Waals surface area contributed by atoms with E-state index < -0.39 is 0 Å². The number of hydrogen-bond acceptors (Lipinski definition) is 5. The molecule has 1 atom stereocenters. The Kier molecular flexibility index (Phi) is 4.45. The molecule has 1 aliphatic heterocycles. The summed E-state index contributed by atoms with van der Waals surface area (Å²) >= 11 is 1.77. The number of nitrogens with zero attached hydrogens (tertiary/aromatic N) is 4. The lowest BCUT2D eigenvalue weighted by Gasteiger charge is -2.29. The van der Waals surface area contributed by atoms with Gasteiger partial charge in [0.2, 0.25) is 0 Å². The molecule has 1 saturated heterocycles. The minimum Gasteiger partial charge on any atom is -0.317 e. The van der Waals surface area contributed by atoms with E-state index in [1.54, 1.807) is 11.3 Å². The van der Waals surface area contributed by atoms with Crippen molar-refractivity contribution in [2.45, 2.75) is 58.3 Å². The highest BCUT2D eigenvalue weighted by molar-refractivity contribution is 7.09. The van der Waals surface area contributed by atoms with Crippen molar-refractivity contribution in [1.82, 2.24) is 25.0 Å². The molecule has 0 bridgehead atoms. The van der Waals surface area contributed by atoms with Crippen LogP contribution in [0.2, 0.25) is 0 Å². The zero-order valence-corrected chi connectivity index (χ0v) is 15.4. The molecular weight excluding hydrogens is 318 g/mol. The van der Waals surface area contributed by atoms with E-state index in [2.05, 4.69) is 50.3 Å². The van der Waals surface area contributed by atoms with E-state index in [0.29, 0.717) is 17.5 Å². The molecule has 3 heterocycles. The highest BCUT2D eigenvalue weighted by Crippen LogP contribution is 2.56. The second kappa shape index (κ2) is 6.58. The first kappa shape index (κ1) is 16.2. The van der Waals surface area contributed by atoms with Gasteiger partial charge in [0, 0.05) is 36.4 Å². The summed E-state index contributed by atoms with van der Waals surface area (Å²) in [7, 11) is 0. The summed E-state index contributed by atoms with van der Waals surface area (Å²) in [5, 5.41) is 11.3. The molecule has 6 heteroatoms. The van der Waals surface area contributed by atoms with Crippen LogP contribution >= 0.6 is 11.3 Å². The molecule has 130 valence electrons. The van der Waals surface area contributed by atoms with Gasteiger partial charge in [-0.15, -0.1) is 11.3 Å². The SMILES string of the molecule is CC(C)n1nccc1CN(Cc1nccs1)C1CC12CCNCC2. The summed E-state index contributed by atoms with van der Waals surface area (Å²) in [6, 6.07) is 3.27. The smallest absolute Gasteiger partial charge is 0.107 e. The van der Waals surface area contributed by atoms with Gasteiger partial charge in [-0.25, -0.2) is 4.98 Å². The van der Waals surface area contributed by atoms with E-state index in [4.69, 9.17) is 0 Å². The average Bonchev–Trinajstić information content (AvgIpc) is 2.99. The van der Waals surface area contributed by atoms with Crippen LogP contribution in [-0.2, 0) is 13.1 Å². The van der Waals surface area contributed by atoms with Crippen molar-refractivity contribution in [3.63, 3.8) is 0 Å². The topological polar surface area (TPSA) is 46.0 Å². The lowest BCUT2D eigenvalue weighted by atomic mass is 9.93. The van der Waals surface area contributed by atoms with Crippen LogP contribution in [0.15, 0.2) is 23.8 Å². The Balaban J connectivity index is 1.53. The zero-order chi connectivity index (χ0) is 16.6. The van der Waals surface area contributed by atoms with Crippen molar-refractivity contribution < 1.29 is 0 Å². The quantitative estimate of drug-likeness (QED) is 0.874. The average molecular weight is 346 g/mol. The van der Waals surface area contributed by atoms with E-state index in [-0.39, 0.29) is 0 Å². The third-order valence-corrected chi connectivity index (χ3v) is 6.38. The van der Waals surface area contributed by atoms with E-state index >= 15 is 0 Å². The second-order valence-electron chi connectivity index (χ2n) is 7.52. The molecule has 0 aromatic carbocycles. The molecule has 1 spiro atoms. The summed E-state index contributed by atoms with van der Waals surface area (Å²) in [6.07, 6.45) is 7.83. The largest absolute Gasteiger partial charge is 0.317 e. The van der Waals surface area contributed by atoms with Gasteiger partial charge in [0.15, 0.2) is 0 Å². The van der Waals surface area contributed by atoms with E-state index in [0.717, 1.165) is 13.1 Å². The normalized spacial score (nSPS) is 22.6. The molecule has 2 fully saturated rings. The highest BCUT2D eigenvalue weighted by atomic mass is 32.1. The van der Waals surface area contributed by atoms with Gasteiger partial charge in [0.1, 0.15) is 5.01 Å². The van der Waals surface area contributed by atoms with Gasteiger partial charge in [-0.3, -0.25) is 9.58 Å². The molecule has 1 N–H and O–H groups in total. The van der Waals surface area contributed by atoms with Gasteiger partial charge in [-0.05, 0) is 57.7 Å². The van der Waals surface area contributed by atoms with E-state index in [1.165, 1.54) is 43.1 Å². The van der Waals surface area contributed by atoms with Crippen molar-refractivity contribution in [2.24, 2.45) is 5.41 Å². The van der Waals surface area contributed by atoms with Crippen molar-refractivity contribution in [3.8, 4) is 0 Å². The Morgan fingerprint density at radius 2 is 2.17 bits per heavy atom. The number of piperidine rings is 1. The maximum absolute atomic E-state index is 4.53. The van der Waals surface area contributed by atoms with E-state index in [9.17, 15) is 0 Å². The molecule has 1 unspecified atom stereocenters. The third kappa shape index (κ3) is 3.15. The predicted octanol–water partition coefficient (Wildman–Crippen LogP) is 3.06. The van der Waals surface area contributed by atoms with Crippen LogP contribution in [-0.4, -0.2) is 38.8 Å². The Labute approximate surface area is 148 Å². The van der Waals surface area contributed by atoms with Crippen LogP contribution in [0.4, 0.5) is 0 Å². The van der Waals surface area contributed by atoms with E-state index in [1.807, 2.05) is 12.4 Å². The van der Waals surface area contributed by atoms with Gasteiger partial charge < -0.3 is 5.32 Å². The molecule has 1 aliphatic carbocycles.